The average Bonchev–Trinajstić information content (AvgIpc) is 3.04. The van der Waals surface area contributed by atoms with Crippen molar-refractivity contribution in [2.75, 3.05) is 5.32 Å². The Balaban J connectivity index is 1.91. The quantitative estimate of drug-likeness (QED) is 0.778. The van der Waals surface area contributed by atoms with E-state index in [1.54, 1.807) is 6.33 Å². The Kier molecular flexibility index (Phi) is 4.21. The van der Waals surface area contributed by atoms with Crippen LogP contribution in [0.1, 0.15) is 12.5 Å². The number of nitrogens with zero attached hydrogens (tertiary/aromatic N) is 2. The summed E-state index contributed by atoms with van der Waals surface area (Å²) < 4.78 is 1.90. The normalized spacial score (nSPS) is 10.5. The number of carbonyl (C=O) groups excluding carboxylic acids is 1. The van der Waals surface area contributed by atoms with Gasteiger partial charge in [-0.3, -0.25) is 4.79 Å². The first-order valence-electron chi connectivity index (χ1n) is 7.28. The molecule has 3 rings (SSSR count). The van der Waals surface area contributed by atoms with Gasteiger partial charge in [0.05, 0.1) is 18.6 Å². The summed E-state index contributed by atoms with van der Waals surface area (Å²) in [6.07, 6.45) is 3.65. The Labute approximate surface area is 134 Å². The Morgan fingerprint density at radius 1 is 1.22 bits per heavy atom. The van der Waals surface area contributed by atoms with E-state index in [1.807, 2.05) is 59.3 Å². The number of hydrogen-bond acceptors (Lipinski definition) is 3. The first kappa shape index (κ1) is 15.0. The maximum Gasteiger partial charge on any atom is 0.221 e. The number of aliphatic hydroxyl groups excluding tert-OH is 1. The Morgan fingerprint density at radius 3 is 2.83 bits per heavy atom. The third kappa shape index (κ3) is 3.46. The van der Waals surface area contributed by atoms with Gasteiger partial charge >= 0.3 is 0 Å². The molecule has 1 heterocycles. The minimum Gasteiger partial charge on any atom is -0.392 e. The standard InChI is InChI=1S/C18H17N3O2/c1-13(23)20-16-6-3-7-17(9-16)21-10-18(19-12-21)15-5-2-4-14(8-15)11-22/h2-10,12,22H,11H2,1H3,(H,20,23). The number of anilines is 1. The zero-order valence-electron chi connectivity index (χ0n) is 12.7. The molecule has 3 aromatic rings. The molecule has 116 valence electrons. The van der Waals surface area contributed by atoms with Gasteiger partial charge in [-0.05, 0) is 29.8 Å². The smallest absolute Gasteiger partial charge is 0.221 e. The second kappa shape index (κ2) is 6.46. The highest BCUT2D eigenvalue weighted by Crippen LogP contribution is 2.21. The monoisotopic (exact) mass is 307 g/mol. The van der Waals surface area contributed by atoms with Crippen molar-refractivity contribution in [1.29, 1.82) is 0 Å². The van der Waals surface area contributed by atoms with Crippen LogP contribution in [0.15, 0.2) is 61.1 Å². The summed E-state index contributed by atoms with van der Waals surface area (Å²) in [5.74, 6) is -0.103. The third-order valence-electron chi connectivity index (χ3n) is 3.45. The number of nitrogens with one attached hydrogen (secondary N) is 1. The lowest BCUT2D eigenvalue weighted by Crippen LogP contribution is -2.06. The molecule has 0 aliphatic rings. The Morgan fingerprint density at radius 2 is 2.04 bits per heavy atom. The molecule has 0 saturated carbocycles. The van der Waals surface area contributed by atoms with Crippen LogP contribution in [-0.4, -0.2) is 20.6 Å². The summed E-state index contributed by atoms with van der Waals surface area (Å²) >= 11 is 0. The lowest BCUT2D eigenvalue weighted by molar-refractivity contribution is -0.114. The minimum absolute atomic E-state index is 0.00725. The number of imidazole rings is 1. The summed E-state index contributed by atoms with van der Waals surface area (Å²) in [4.78, 5) is 15.6. The first-order chi connectivity index (χ1) is 11.2. The highest BCUT2D eigenvalue weighted by molar-refractivity contribution is 5.88. The molecule has 5 nitrogen and oxygen atoms in total. The fourth-order valence-corrected chi connectivity index (χ4v) is 2.39. The number of rotatable bonds is 4. The molecule has 0 bridgehead atoms. The maximum absolute atomic E-state index is 11.2. The van der Waals surface area contributed by atoms with E-state index >= 15 is 0 Å². The molecule has 0 atom stereocenters. The van der Waals surface area contributed by atoms with Crippen molar-refractivity contribution in [3.05, 3.63) is 66.6 Å². The van der Waals surface area contributed by atoms with E-state index in [0.717, 1.165) is 28.2 Å². The van der Waals surface area contributed by atoms with E-state index in [1.165, 1.54) is 6.92 Å². The second-order valence-electron chi connectivity index (χ2n) is 5.26. The molecule has 0 radical (unpaired) electrons. The zero-order valence-corrected chi connectivity index (χ0v) is 12.7. The van der Waals surface area contributed by atoms with Crippen molar-refractivity contribution >= 4 is 11.6 Å². The first-order valence-corrected chi connectivity index (χ1v) is 7.28. The molecule has 0 spiro atoms. The predicted octanol–water partition coefficient (Wildman–Crippen LogP) is 2.99. The number of amides is 1. The molecule has 1 aromatic heterocycles. The summed E-state index contributed by atoms with van der Waals surface area (Å²) in [6.45, 7) is 1.49. The Bertz CT molecular complexity index is 840. The van der Waals surface area contributed by atoms with Crippen LogP contribution >= 0.6 is 0 Å². The SMILES string of the molecule is CC(=O)Nc1cccc(-n2cnc(-c3cccc(CO)c3)c2)c1. The van der Waals surface area contributed by atoms with Gasteiger partial charge in [-0.1, -0.05) is 24.3 Å². The molecular formula is C18H17N3O2. The van der Waals surface area contributed by atoms with Crippen LogP contribution < -0.4 is 5.32 Å². The maximum atomic E-state index is 11.2. The van der Waals surface area contributed by atoms with Crippen LogP contribution in [-0.2, 0) is 11.4 Å². The van der Waals surface area contributed by atoms with Crippen LogP contribution in [0.4, 0.5) is 5.69 Å². The van der Waals surface area contributed by atoms with Crippen LogP contribution in [0.5, 0.6) is 0 Å². The number of hydrogen-bond donors (Lipinski definition) is 2. The molecule has 23 heavy (non-hydrogen) atoms. The average molecular weight is 307 g/mol. The van der Waals surface area contributed by atoms with Crippen molar-refractivity contribution < 1.29 is 9.90 Å². The molecule has 2 N–H and O–H groups in total. The molecule has 1 amide bonds. The van der Waals surface area contributed by atoms with Gasteiger partial charge in [0.1, 0.15) is 0 Å². The molecule has 2 aromatic carbocycles. The van der Waals surface area contributed by atoms with Crippen molar-refractivity contribution in [2.24, 2.45) is 0 Å². The van der Waals surface area contributed by atoms with Crippen molar-refractivity contribution in [1.82, 2.24) is 9.55 Å². The third-order valence-corrected chi connectivity index (χ3v) is 3.45. The largest absolute Gasteiger partial charge is 0.392 e. The highest BCUT2D eigenvalue weighted by atomic mass is 16.3. The fraction of sp³-hybridized carbons (Fsp3) is 0.111. The number of aromatic nitrogens is 2. The van der Waals surface area contributed by atoms with Gasteiger partial charge in [0, 0.05) is 30.1 Å². The summed E-state index contributed by atoms with van der Waals surface area (Å²) in [5, 5.41) is 12.0. The zero-order chi connectivity index (χ0) is 16.2. The number of carbonyl (C=O) groups is 1. The van der Waals surface area contributed by atoms with Crippen molar-refractivity contribution in [2.45, 2.75) is 13.5 Å². The molecule has 0 saturated heterocycles. The van der Waals surface area contributed by atoms with Crippen LogP contribution in [0.3, 0.4) is 0 Å². The van der Waals surface area contributed by atoms with Crippen LogP contribution in [0.25, 0.3) is 16.9 Å². The van der Waals surface area contributed by atoms with Gasteiger partial charge in [-0.2, -0.15) is 0 Å². The molecule has 0 aliphatic heterocycles. The van der Waals surface area contributed by atoms with E-state index in [0.29, 0.717) is 0 Å². The van der Waals surface area contributed by atoms with E-state index in [4.69, 9.17) is 0 Å². The highest BCUT2D eigenvalue weighted by Gasteiger charge is 2.05. The number of benzene rings is 2. The predicted molar refractivity (Wildman–Crippen MR) is 89.2 cm³/mol. The van der Waals surface area contributed by atoms with Crippen molar-refractivity contribution in [3.63, 3.8) is 0 Å². The molecular weight excluding hydrogens is 290 g/mol. The van der Waals surface area contributed by atoms with Gasteiger partial charge in [0.25, 0.3) is 0 Å². The molecule has 0 fully saturated rings. The van der Waals surface area contributed by atoms with Crippen LogP contribution in [0.2, 0.25) is 0 Å². The fourth-order valence-electron chi connectivity index (χ4n) is 2.39. The second-order valence-corrected chi connectivity index (χ2v) is 5.26. The Hall–Kier alpha value is -2.92. The molecule has 0 unspecified atom stereocenters. The van der Waals surface area contributed by atoms with E-state index in [9.17, 15) is 9.90 Å². The summed E-state index contributed by atoms with van der Waals surface area (Å²) in [7, 11) is 0. The van der Waals surface area contributed by atoms with Crippen LogP contribution in [0, 0.1) is 0 Å². The molecule has 5 heteroatoms. The summed E-state index contributed by atoms with van der Waals surface area (Å²) in [6, 6.07) is 15.2. The molecule has 0 aliphatic carbocycles. The minimum atomic E-state index is -0.103. The topological polar surface area (TPSA) is 67.2 Å². The number of aliphatic hydroxyl groups is 1. The van der Waals surface area contributed by atoms with Gasteiger partial charge in [-0.15, -0.1) is 0 Å². The van der Waals surface area contributed by atoms with Gasteiger partial charge in [0.2, 0.25) is 5.91 Å². The van der Waals surface area contributed by atoms with E-state index < -0.39 is 0 Å². The van der Waals surface area contributed by atoms with E-state index in [-0.39, 0.29) is 12.5 Å². The lowest BCUT2D eigenvalue weighted by atomic mass is 10.1. The van der Waals surface area contributed by atoms with Gasteiger partial charge in [0.15, 0.2) is 0 Å². The lowest BCUT2D eigenvalue weighted by Gasteiger charge is -2.06. The van der Waals surface area contributed by atoms with E-state index in [2.05, 4.69) is 10.3 Å². The van der Waals surface area contributed by atoms with Gasteiger partial charge in [-0.25, -0.2) is 4.98 Å². The van der Waals surface area contributed by atoms with Gasteiger partial charge < -0.3 is 15.0 Å². The summed E-state index contributed by atoms with van der Waals surface area (Å²) in [5.41, 5.74) is 4.28. The van der Waals surface area contributed by atoms with Crippen molar-refractivity contribution in [3.8, 4) is 16.9 Å².